The molecule has 14 heavy (non-hydrogen) atoms. The van der Waals surface area contributed by atoms with Crippen LogP contribution >= 0.6 is 0 Å². The van der Waals surface area contributed by atoms with E-state index >= 15 is 0 Å². The van der Waals surface area contributed by atoms with Crippen molar-refractivity contribution in [2.24, 2.45) is 17.3 Å². The average molecular weight is 204 g/mol. The quantitative estimate of drug-likeness (QED) is 0.491. The first-order valence-electron chi connectivity index (χ1n) is 5.15. The molecule has 4 nitrogen and oxygen atoms in total. The highest BCUT2D eigenvalue weighted by Gasteiger charge is 2.39. The van der Waals surface area contributed by atoms with E-state index < -0.39 is 5.41 Å². The van der Waals surface area contributed by atoms with Gasteiger partial charge in [0.25, 0.3) is 0 Å². The molecule has 4 N–H and O–H groups in total. The van der Waals surface area contributed by atoms with E-state index in [1.165, 1.54) is 0 Å². The smallest absolute Gasteiger partial charge is 0.0509 e. The molecule has 0 aliphatic heterocycles. The topological polar surface area (TPSA) is 80.9 Å². The number of hydrogen-bond donors (Lipinski definition) is 4. The van der Waals surface area contributed by atoms with Crippen LogP contribution in [0, 0.1) is 17.3 Å². The first-order chi connectivity index (χ1) is 6.71. The van der Waals surface area contributed by atoms with Crippen LogP contribution in [0.3, 0.4) is 0 Å². The number of hydrogen-bond acceptors (Lipinski definition) is 4. The molecule has 4 heteroatoms. The summed E-state index contributed by atoms with van der Waals surface area (Å²) in [6.45, 7) is 0.0153. The third-order valence-electron chi connectivity index (χ3n) is 3.55. The van der Waals surface area contributed by atoms with Gasteiger partial charge in [0.2, 0.25) is 0 Å². The van der Waals surface area contributed by atoms with Crippen LogP contribution in [0.5, 0.6) is 0 Å². The lowest BCUT2D eigenvalue weighted by Gasteiger charge is -2.41. The molecule has 0 radical (unpaired) electrons. The van der Waals surface area contributed by atoms with Crippen molar-refractivity contribution in [3.63, 3.8) is 0 Å². The minimum absolute atomic E-state index is 0.00745. The molecule has 1 saturated carbocycles. The van der Waals surface area contributed by atoms with Crippen molar-refractivity contribution in [3.8, 4) is 0 Å². The molecular weight excluding hydrogens is 184 g/mol. The molecule has 1 aliphatic carbocycles. The molecule has 0 aromatic carbocycles. The van der Waals surface area contributed by atoms with Crippen molar-refractivity contribution >= 4 is 0 Å². The van der Waals surface area contributed by atoms with Crippen molar-refractivity contribution in [2.45, 2.75) is 19.3 Å². The molecular formula is C10H20O4. The van der Waals surface area contributed by atoms with Crippen LogP contribution in [-0.2, 0) is 0 Å². The fourth-order valence-electron chi connectivity index (χ4n) is 2.34. The van der Waals surface area contributed by atoms with Crippen LogP contribution in [0.25, 0.3) is 0 Å². The first-order valence-corrected chi connectivity index (χ1v) is 5.15. The fraction of sp³-hybridized carbons (Fsp3) is 1.00. The van der Waals surface area contributed by atoms with Gasteiger partial charge in [-0.1, -0.05) is 0 Å². The summed E-state index contributed by atoms with van der Waals surface area (Å²) in [6, 6.07) is 0. The second-order valence-corrected chi connectivity index (χ2v) is 4.44. The third-order valence-corrected chi connectivity index (χ3v) is 3.55. The summed E-state index contributed by atoms with van der Waals surface area (Å²) in [5.74, 6) is 0.124. The summed E-state index contributed by atoms with van der Waals surface area (Å²) in [4.78, 5) is 0. The van der Waals surface area contributed by atoms with E-state index in [0.717, 1.165) is 12.8 Å². The van der Waals surface area contributed by atoms with Crippen molar-refractivity contribution in [1.82, 2.24) is 0 Å². The second-order valence-electron chi connectivity index (χ2n) is 4.44. The SMILES string of the molecule is OCC1CCC(CO)(CO)CC1CO. The molecule has 0 spiro atoms. The van der Waals surface area contributed by atoms with E-state index in [1.54, 1.807) is 0 Å². The fourth-order valence-corrected chi connectivity index (χ4v) is 2.34. The number of aliphatic hydroxyl groups excluding tert-OH is 4. The standard InChI is InChI=1S/C10H20O4/c11-4-8-1-2-10(6-13,7-14)3-9(8)5-12/h8-9,11-14H,1-7H2. The zero-order chi connectivity index (χ0) is 10.6. The summed E-state index contributed by atoms with van der Waals surface area (Å²) in [6.07, 6.45) is 2.09. The van der Waals surface area contributed by atoms with Gasteiger partial charge in [-0.2, -0.15) is 0 Å². The Labute approximate surface area is 84.2 Å². The Bertz CT molecular complexity index is 168. The summed E-state index contributed by atoms with van der Waals surface area (Å²) < 4.78 is 0. The highest BCUT2D eigenvalue weighted by atomic mass is 16.3. The molecule has 0 aromatic heterocycles. The van der Waals surface area contributed by atoms with E-state index in [4.69, 9.17) is 10.2 Å². The Morgan fingerprint density at radius 1 is 0.929 bits per heavy atom. The van der Waals surface area contributed by atoms with Crippen molar-refractivity contribution in [1.29, 1.82) is 0 Å². The van der Waals surface area contributed by atoms with Gasteiger partial charge in [-0.3, -0.25) is 0 Å². The van der Waals surface area contributed by atoms with Gasteiger partial charge < -0.3 is 20.4 Å². The summed E-state index contributed by atoms with van der Waals surface area (Å²) >= 11 is 0. The van der Waals surface area contributed by atoms with E-state index in [-0.39, 0.29) is 38.3 Å². The van der Waals surface area contributed by atoms with E-state index in [0.29, 0.717) is 6.42 Å². The third kappa shape index (κ3) is 2.25. The Morgan fingerprint density at radius 3 is 1.93 bits per heavy atom. The molecule has 2 unspecified atom stereocenters. The lowest BCUT2D eigenvalue weighted by molar-refractivity contribution is -0.0384. The summed E-state index contributed by atoms with van der Waals surface area (Å²) in [7, 11) is 0. The van der Waals surface area contributed by atoms with Crippen LogP contribution in [0.15, 0.2) is 0 Å². The molecule has 0 saturated heterocycles. The number of rotatable bonds is 4. The largest absolute Gasteiger partial charge is 0.396 e. The minimum atomic E-state index is -0.445. The summed E-state index contributed by atoms with van der Waals surface area (Å²) in [5.41, 5.74) is -0.445. The normalized spacial score (nSPS) is 31.7. The molecule has 1 rings (SSSR count). The highest BCUT2D eigenvalue weighted by molar-refractivity contribution is 4.89. The molecule has 0 heterocycles. The van der Waals surface area contributed by atoms with Crippen LogP contribution in [0.1, 0.15) is 19.3 Å². The van der Waals surface area contributed by atoms with Gasteiger partial charge >= 0.3 is 0 Å². The van der Waals surface area contributed by atoms with Gasteiger partial charge in [0, 0.05) is 18.6 Å². The molecule has 0 amide bonds. The number of aliphatic hydroxyl groups is 4. The molecule has 0 aromatic rings. The monoisotopic (exact) mass is 204 g/mol. The van der Waals surface area contributed by atoms with Crippen molar-refractivity contribution < 1.29 is 20.4 Å². The zero-order valence-electron chi connectivity index (χ0n) is 8.39. The van der Waals surface area contributed by atoms with Crippen LogP contribution in [0.2, 0.25) is 0 Å². The Kier molecular flexibility index (Phi) is 4.31. The Hall–Kier alpha value is -0.160. The van der Waals surface area contributed by atoms with E-state index in [2.05, 4.69) is 0 Å². The average Bonchev–Trinajstić information content (AvgIpc) is 2.28. The van der Waals surface area contributed by atoms with Crippen LogP contribution < -0.4 is 0 Å². The van der Waals surface area contributed by atoms with E-state index in [1.807, 2.05) is 0 Å². The lowest BCUT2D eigenvalue weighted by atomic mass is 9.66. The summed E-state index contributed by atoms with van der Waals surface area (Å²) in [5, 5.41) is 36.6. The zero-order valence-corrected chi connectivity index (χ0v) is 8.39. The van der Waals surface area contributed by atoms with Crippen LogP contribution in [0.4, 0.5) is 0 Å². The van der Waals surface area contributed by atoms with Gasteiger partial charge in [-0.25, -0.2) is 0 Å². The minimum Gasteiger partial charge on any atom is -0.396 e. The van der Waals surface area contributed by atoms with Gasteiger partial charge in [0.05, 0.1) is 13.2 Å². The molecule has 1 aliphatic rings. The van der Waals surface area contributed by atoms with Crippen LogP contribution in [-0.4, -0.2) is 46.9 Å². The van der Waals surface area contributed by atoms with Crippen molar-refractivity contribution in [3.05, 3.63) is 0 Å². The molecule has 1 fully saturated rings. The van der Waals surface area contributed by atoms with Gasteiger partial charge in [-0.05, 0) is 31.1 Å². The predicted molar refractivity (Wildman–Crippen MR) is 51.6 cm³/mol. The van der Waals surface area contributed by atoms with Gasteiger partial charge in [0.15, 0.2) is 0 Å². The first kappa shape index (κ1) is 11.9. The van der Waals surface area contributed by atoms with E-state index in [9.17, 15) is 10.2 Å². The van der Waals surface area contributed by atoms with Crippen molar-refractivity contribution in [2.75, 3.05) is 26.4 Å². The molecule has 84 valence electrons. The van der Waals surface area contributed by atoms with Gasteiger partial charge in [0.1, 0.15) is 0 Å². The molecule has 0 bridgehead atoms. The Morgan fingerprint density at radius 2 is 1.50 bits per heavy atom. The maximum Gasteiger partial charge on any atom is 0.0509 e. The van der Waals surface area contributed by atoms with Gasteiger partial charge in [-0.15, -0.1) is 0 Å². The molecule has 2 atom stereocenters. The maximum absolute atomic E-state index is 9.21. The maximum atomic E-state index is 9.21. The predicted octanol–water partition coefficient (Wildman–Crippen LogP) is -0.642. The Balaban J connectivity index is 2.63. The second kappa shape index (κ2) is 5.07. The highest BCUT2D eigenvalue weighted by Crippen LogP contribution is 2.41. The lowest BCUT2D eigenvalue weighted by Crippen LogP contribution is -2.41.